The molecule has 0 spiro atoms. The summed E-state index contributed by atoms with van der Waals surface area (Å²) in [6.45, 7) is 9.77. The molecule has 3 heteroatoms. The number of rotatable bonds is 4. The van der Waals surface area contributed by atoms with Crippen molar-refractivity contribution in [2.45, 2.75) is 39.8 Å². The predicted molar refractivity (Wildman–Crippen MR) is 77.8 cm³/mol. The summed E-state index contributed by atoms with van der Waals surface area (Å²) in [6.07, 6.45) is 1.33. The van der Waals surface area contributed by atoms with E-state index >= 15 is 0 Å². The number of hydrogen-bond acceptors (Lipinski definition) is 3. The van der Waals surface area contributed by atoms with Gasteiger partial charge in [0, 0.05) is 25.2 Å². The van der Waals surface area contributed by atoms with E-state index in [1.165, 1.54) is 5.56 Å². The van der Waals surface area contributed by atoms with Crippen LogP contribution in [0.2, 0.25) is 0 Å². The third-order valence-electron chi connectivity index (χ3n) is 3.50. The fraction of sp³-hybridized carbons (Fsp3) is 0.625. The molecule has 106 valence electrons. The number of hydrogen-bond donors (Lipinski definition) is 0. The molecule has 0 aromatic heterocycles. The Balaban J connectivity index is 2.24. The van der Waals surface area contributed by atoms with Gasteiger partial charge in [-0.1, -0.05) is 20.8 Å². The summed E-state index contributed by atoms with van der Waals surface area (Å²) in [7, 11) is 1.71. The van der Waals surface area contributed by atoms with E-state index in [4.69, 9.17) is 9.47 Å². The molecule has 1 aromatic rings. The van der Waals surface area contributed by atoms with Gasteiger partial charge in [0.15, 0.2) is 0 Å². The fourth-order valence-corrected chi connectivity index (χ4v) is 2.60. The highest BCUT2D eigenvalue weighted by atomic mass is 16.5. The summed E-state index contributed by atoms with van der Waals surface area (Å²) in [4.78, 5) is 2.49. The second kappa shape index (κ2) is 6.29. The normalized spacial score (nSPS) is 19.7. The van der Waals surface area contributed by atoms with Gasteiger partial charge in [0.1, 0.15) is 17.6 Å². The van der Waals surface area contributed by atoms with Crippen molar-refractivity contribution in [3.8, 4) is 11.5 Å². The Morgan fingerprint density at radius 1 is 1.42 bits per heavy atom. The molecule has 1 aromatic carbocycles. The molecule has 1 atom stereocenters. The van der Waals surface area contributed by atoms with Crippen LogP contribution >= 0.6 is 0 Å². The lowest BCUT2D eigenvalue weighted by Crippen LogP contribution is -2.34. The van der Waals surface area contributed by atoms with Crippen LogP contribution in [0.3, 0.4) is 0 Å². The molecule has 19 heavy (non-hydrogen) atoms. The lowest BCUT2D eigenvalue weighted by molar-refractivity contribution is 0.135. The Hall–Kier alpha value is -1.22. The lowest BCUT2D eigenvalue weighted by atomic mass is 10.1. The summed E-state index contributed by atoms with van der Waals surface area (Å²) in [6, 6.07) is 6.11. The van der Waals surface area contributed by atoms with Gasteiger partial charge in [-0.2, -0.15) is 0 Å². The zero-order valence-corrected chi connectivity index (χ0v) is 12.5. The zero-order valence-electron chi connectivity index (χ0n) is 12.5. The van der Waals surface area contributed by atoms with Crippen molar-refractivity contribution in [3.63, 3.8) is 0 Å². The van der Waals surface area contributed by atoms with E-state index in [1.807, 2.05) is 12.1 Å². The minimum atomic E-state index is 0.286. The first-order valence-electron chi connectivity index (χ1n) is 7.18. The monoisotopic (exact) mass is 263 g/mol. The van der Waals surface area contributed by atoms with Crippen LogP contribution in [0.1, 0.15) is 32.8 Å². The van der Waals surface area contributed by atoms with E-state index < -0.39 is 0 Å². The molecule has 1 aliphatic rings. The van der Waals surface area contributed by atoms with Crippen LogP contribution in [0.25, 0.3) is 0 Å². The Kier molecular flexibility index (Phi) is 4.70. The van der Waals surface area contributed by atoms with Gasteiger partial charge in [0.05, 0.1) is 7.11 Å². The van der Waals surface area contributed by atoms with Crippen molar-refractivity contribution >= 4 is 0 Å². The molecule has 0 fully saturated rings. The molecule has 0 aliphatic carbocycles. The highest BCUT2D eigenvalue weighted by molar-refractivity contribution is 5.41. The number of benzene rings is 1. The lowest BCUT2D eigenvalue weighted by Gasteiger charge is -2.24. The smallest absolute Gasteiger partial charge is 0.124 e. The van der Waals surface area contributed by atoms with Crippen molar-refractivity contribution in [3.05, 3.63) is 23.8 Å². The molecule has 0 radical (unpaired) electrons. The minimum Gasteiger partial charge on any atom is -0.497 e. The first kappa shape index (κ1) is 14.2. The summed E-state index contributed by atoms with van der Waals surface area (Å²) in [5, 5.41) is 0. The van der Waals surface area contributed by atoms with Crippen LogP contribution in [-0.2, 0) is 6.54 Å². The maximum Gasteiger partial charge on any atom is 0.124 e. The Morgan fingerprint density at radius 3 is 2.84 bits per heavy atom. The molecule has 1 heterocycles. The van der Waals surface area contributed by atoms with Crippen molar-refractivity contribution in [2.24, 2.45) is 5.92 Å². The third kappa shape index (κ3) is 3.63. The van der Waals surface area contributed by atoms with Gasteiger partial charge in [0.25, 0.3) is 0 Å². The highest BCUT2D eigenvalue weighted by Crippen LogP contribution is 2.29. The quantitative estimate of drug-likeness (QED) is 0.831. The first-order chi connectivity index (χ1) is 9.12. The van der Waals surface area contributed by atoms with E-state index in [-0.39, 0.29) is 6.10 Å². The van der Waals surface area contributed by atoms with E-state index in [0.717, 1.165) is 37.6 Å². The molecule has 3 nitrogen and oxygen atoms in total. The largest absolute Gasteiger partial charge is 0.497 e. The van der Waals surface area contributed by atoms with Gasteiger partial charge in [-0.3, -0.25) is 4.90 Å². The Labute approximate surface area is 116 Å². The van der Waals surface area contributed by atoms with Gasteiger partial charge >= 0.3 is 0 Å². The molecule has 0 saturated heterocycles. The van der Waals surface area contributed by atoms with Gasteiger partial charge in [-0.25, -0.2) is 0 Å². The summed E-state index contributed by atoms with van der Waals surface area (Å²) < 4.78 is 11.4. The zero-order chi connectivity index (χ0) is 13.8. The molecule has 1 aliphatic heterocycles. The van der Waals surface area contributed by atoms with Crippen molar-refractivity contribution in [2.75, 3.05) is 20.2 Å². The number of fused-ring (bicyclic) bond motifs is 1. The van der Waals surface area contributed by atoms with Crippen LogP contribution in [-0.4, -0.2) is 31.2 Å². The molecular formula is C16H25NO2. The topological polar surface area (TPSA) is 21.7 Å². The van der Waals surface area contributed by atoms with Gasteiger partial charge in [-0.05, 0) is 30.5 Å². The third-order valence-corrected chi connectivity index (χ3v) is 3.50. The first-order valence-corrected chi connectivity index (χ1v) is 7.18. The fourth-order valence-electron chi connectivity index (χ4n) is 2.60. The standard InChI is InChI=1S/C16H25NO2/c1-5-14-11-17(9-12(2)3)10-13-8-15(18-4)6-7-16(13)19-14/h6-8,12,14H,5,9-11H2,1-4H3/t14-/m0/s1. The van der Waals surface area contributed by atoms with Crippen LogP contribution < -0.4 is 9.47 Å². The number of nitrogens with zero attached hydrogens (tertiary/aromatic N) is 1. The summed E-state index contributed by atoms with van der Waals surface area (Å²) in [5.74, 6) is 2.59. The van der Waals surface area contributed by atoms with Crippen molar-refractivity contribution in [1.82, 2.24) is 4.90 Å². The van der Waals surface area contributed by atoms with Crippen molar-refractivity contribution in [1.29, 1.82) is 0 Å². The molecule has 0 saturated carbocycles. The van der Waals surface area contributed by atoms with Gasteiger partial charge in [-0.15, -0.1) is 0 Å². The Morgan fingerprint density at radius 2 is 2.21 bits per heavy atom. The number of methoxy groups -OCH3 is 1. The molecule has 0 unspecified atom stereocenters. The van der Waals surface area contributed by atoms with E-state index in [2.05, 4.69) is 31.7 Å². The van der Waals surface area contributed by atoms with Crippen LogP contribution in [0.15, 0.2) is 18.2 Å². The maximum atomic E-state index is 6.12. The summed E-state index contributed by atoms with van der Waals surface area (Å²) in [5.41, 5.74) is 1.23. The molecule has 0 N–H and O–H groups in total. The van der Waals surface area contributed by atoms with E-state index in [0.29, 0.717) is 5.92 Å². The SMILES string of the molecule is CC[C@H]1CN(CC(C)C)Cc2cc(OC)ccc2O1. The second-order valence-corrected chi connectivity index (χ2v) is 5.71. The molecular weight excluding hydrogens is 238 g/mol. The number of ether oxygens (including phenoxy) is 2. The minimum absolute atomic E-state index is 0.286. The second-order valence-electron chi connectivity index (χ2n) is 5.71. The molecule has 0 bridgehead atoms. The van der Waals surface area contributed by atoms with E-state index in [9.17, 15) is 0 Å². The van der Waals surface area contributed by atoms with Crippen LogP contribution in [0, 0.1) is 5.92 Å². The summed E-state index contributed by atoms with van der Waals surface area (Å²) >= 11 is 0. The van der Waals surface area contributed by atoms with Gasteiger partial charge < -0.3 is 9.47 Å². The van der Waals surface area contributed by atoms with Crippen molar-refractivity contribution < 1.29 is 9.47 Å². The molecule has 2 rings (SSSR count). The maximum absolute atomic E-state index is 6.12. The van der Waals surface area contributed by atoms with Gasteiger partial charge in [0.2, 0.25) is 0 Å². The highest BCUT2D eigenvalue weighted by Gasteiger charge is 2.22. The van der Waals surface area contributed by atoms with Crippen LogP contribution in [0.5, 0.6) is 11.5 Å². The average molecular weight is 263 g/mol. The van der Waals surface area contributed by atoms with E-state index in [1.54, 1.807) is 7.11 Å². The molecule has 0 amide bonds. The average Bonchev–Trinajstić information content (AvgIpc) is 2.55. The van der Waals surface area contributed by atoms with Crippen LogP contribution in [0.4, 0.5) is 0 Å². The Bertz CT molecular complexity index is 417. The predicted octanol–water partition coefficient (Wildman–Crippen LogP) is 3.32.